The van der Waals surface area contributed by atoms with E-state index in [9.17, 15) is 8.42 Å². The summed E-state index contributed by atoms with van der Waals surface area (Å²) < 4.78 is 39.2. The van der Waals surface area contributed by atoms with E-state index in [1.54, 1.807) is 19.1 Å². The third-order valence-electron chi connectivity index (χ3n) is 4.48. The number of aryl methyl sites for hydroxylation is 2. The molecule has 0 unspecified atom stereocenters. The quantitative estimate of drug-likeness (QED) is 0.840. The van der Waals surface area contributed by atoms with Gasteiger partial charge < -0.3 is 9.47 Å². The SMILES string of the molecule is Cc1cc2c(cc1S(=O)(=O)N1CCCc3ccccc31)OCCO2. The van der Waals surface area contributed by atoms with Crippen molar-refractivity contribution in [1.29, 1.82) is 0 Å². The normalized spacial score (nSPS) is 16.6. The highest BCUT2D eigenvalue weighted by Crippen LogP contribution is 2.38. The Morgan fingerprint density at radius 2 is 1.75 bits per heavy atom. The van der Waals surface area contributed by atoms with Gasteiger partial charge in [0.25, 0.3) is 10.0 Å². The predicted molar refractivity (Wildman–Crippen MR) is 91.5 cm³/mol. The molecule has 4 rings (SSSR count). The fraction of sp³-hybridized carbons (Fsp3) is 0.333. The van der Waals surface area contributed by atoms with Gasteiger partial charge in [-0.3, -0.25) is 4.31 Å². The zero-order valence-electron chi connectivity index (χ0n) is 13.5. The van der Waals surface area contributed by atoms with Gasteiger partial charge in [0.05, 0.1) is 10.6 Å². The molecule has 0 N–H and O–H groups in total. The van der Waals surface area contributed by atoms with E-state index in [1.165, 1.54) is 4.31 Å². The van der Waals surface area contributed by atoms with Crippen molar-refractivity contribution >= 4 is 15.7 Å². The number of rotatable bonds is 2. The fourth-order valence-corrected chi connectivity index (χ4v) is 5.08. The molecule has 0 amide bonds. The van der Waals surface area contributed by atoms with E-state index in [0.717, 1.165) is 24.1 Å². The molecule has 126 valence electrons. The van der Waals surface area contributed by atoms with Crippen molar-refractivity contribution in [3.05, 3.63) is 47.5 Å². The van der Waals surface area contributed by atoms with E-state index in [4.69, 9.17) is 9.47 Å². The van der Waals surface area contributed by atoms with Crippen LogP contribution in [0.2, 0.25) is 0 Å². The van der Waals surface area contributed by atoms with Crippen LogP contribution in [0.4, 0.5) is 5.69 Å². The van der Waals surface area contributed by atoms with E-state index >= 15 is 0 Å². The summed E-state index contributed by atoms with van der Waals surface area (Å²) in [5.74, 6) is 1.10. The second-order valence-electron chi connectivity index (χ2n) is 6.07. The molecule has 2 aromatic carbocycles. The zero-order chi connectivity index (χ0) is 16.7. The van der Waals surface area contributed by atoms with Crippen LogP contribution in [0.5, 0.6) is 11.5 Å². The van der Waals surface area contributed by atoms with Gasteiger partial charge in [-0.05, 0) is 43.0 Å². The number of ether oxygens (including phenoxy) is 2. The van der Waals surface area contributed by atoms with Crippen LogP contribution in [0.25, 0.3) is 0 Å². The van der Waals surface area contributed by atoms with Crippen LogP contribution in [-0.4, -0.2) is 28.2 Å². The lowest BCUT2D eigenvalue weighted by Crippen LogP contribution is -2.35. The minimum atomic E-state index is -3.64. The van der Waals surface area contributed by atoms with Crippen molar-refractivity contribution in [3.63, 3.8) is 0 Å². The van der Waals surface area contributed by atoms with E-state index in [1.807, 2.05) is 24.3 Å². The average molecular weight is 345 g/mol. The largest absolute Gasteiger partial charge is 0.486 e. The van der Waals surface area contributed by atoms with E-state index in [2.05, 4.69) is 0 Å². The van der Waals surface area contributed by atoms with Crippen molar-refractivity contribution in [1.82, 2.24) is 0 Å². The summed E-state index contributed by atoms with van der Waals surface area (Å²) in [6.07, 6.45) is 1.72. The van der Waals surface area contributed by atoms with Crippen LogP contribution >= 0.6 is 0 Å². The van der Waals surface area contributed by atoms with E-state index in [-0.39, 0.29) is 4.90 Å². The molecule has 0 radical (unpaired) electrons. The summed E-state index contributed by atoms with van der Waals surface area (Å²) >= 11 is 0. The Bertz CT molecular complexity index is 892. The molecule has 2 heterocycles. The number of sulfonamides is 1. The van der Waals surface area contributed by atoms with Crippen LogP contribution in [0.15, 0.2) is 41.3 Å². The molecule has 0 bridgehead atoms. The molecule has 0 spiro atoms. The van der Waals surface area contributed by atoms with Crippen LogP contribution in [0.1, 0.15) is 17.5 Å². The monoisotopic (exact) mass is 345 g/mol. The van der Waals surface area contributed by atoms with Gasteiger partial charge in [-0.25, -0.2) is 8.42 Å². The Labute approximate surface area is 141 Å². The molecule has 0 aromatic heterocycles. The van der Waals surface area contributed by atoms with Crippen LogP contribution in [-0.2, 0) is 16.4 Å². The van der Waals surface area contributed by atoms with Gasteiger partial charge in [0.15, 0.2) is 11.5 Å². The Balaban J connectivity index is 1.82. The number of fused-ring (bicyclic) bond motifs is 2. The molecular formula is C18H19NO4S. The Morgan fingerprint density at radius 1 is 1.04 bits per heavy atom. The summed E-state index contributed by atoms with van der Waals surface area (Å²) in [5.41, 5.74) is 2.52. The van der Waals surface area contributed by atoms with Crippen LogP contribution < -0.4 is 13.8 Å². The van der Waals surface area contributed by atoms with Crippen molar-refractivity contribution in [2.45, 2.75) is 24.7 Å². The minimum Gasteiger partial charge on any atom is -0.486 e. The number of hydrogen-bond acceptors (Lipinski definition) is 4. The first-order valence-corrected chi connectivity index (χ1v) is 9.52. The highest BCUT2D eigenvalue weighted by Gasteiger charge is 2.31. The maximum atomic E-state index is 13.3. The molecule has 2 aliphatic heterocycles. The highest BCUT2D eigenvalue weighted by molar-refractivity contribution is 7.92. The molecule has 2 aliphatic rings. The Hall–Kier alpha value is -2.21. The first-order chi connectivity index (χ1) is 11.6. The van der Waals surface area contributed by atoms with Gasteiger partial charge in [-0.15, -0.1) is 0 Å². The second kappa shape index (κ2) is 5.70. The van der Waals surface area contributed by atoms with Crippen LogP contribution in [0.3, 0.4) is 0 Å². The summed E-state index contributed by atoms with van der Waals surface area (Å²) in [5, 5.41) is 0. The molecule has 2 aromatic rings. The third kappa shape index (κ3) is 2.41. The molecule has 0 atom stereocenters. The van der Waals surface area contributed by atoms with Gasteiger partial charge in [0.1, 0.15) is 13.2 Å². The average Bonchev–Trinajstić information content (AvgIpc) is 2.60. The van der Waals surface area contributed by atoms with Gasteiger partial charge in [-0.1, -0.05) is 18.2 Å². The summed E-state index contributed by atoms with van der Waals surface area (Å²) in [6, 6.07) is 11.0. The molecule has 0 aliphatic carbocycles. The molecule has 24 heavy (non-hydrogen) atoms. The summed E-state index contributed by atoms with van der Waals surface area (Å²) in [6.45, 7) is 3.20. The number of hydrogen-bond donors (Lipinski definition) is 0. The Kier molecular flexibility index (Phi) is 3.64. The summed E-state index contributed by atoms with van der Waals surface area (Å²) in [7, 11) is -3.64. The number of para-hydroxylation sites is 1. The number of benzene rings is 2. The molecule has 0 saturated heterocycles. The summed E-state index contributed by atoms with van der Waals surface area (Å²) in [4.78, 5) is 0.281. The second-order valence-corrected chi connectivity index (χ2v) is 7.90. The smallest absolute Gasteiger partial charge is 0.264 e. The lowest BCUT2D eigenvalue weighted by Gasteiger charge is -2.31. The van der Waals surface area contributed by atoms with Crippen molar-refractivity contribution in [2.24, 2.45) is 0 Å². The first-order valence-electron chi connectivity index (χ1n) is 8.08. The topological polar surface area (TPSA) is 55.8 Å². The van der Waals surface area contributed by atoms with Crippen molar-refractivity contribution in [2.75, 3.05) is 24.1 Å². The molecule has 5 nitrogen and oxygen atoms in total. The third-order valence-corrected chi connectivity index (χ3v) is 6.43. The lowest BCUT2D eigenvalue weighted by atomic mass is 10.0. The zero-order valence-corrected chi connectivity index (χ0v) is 14.3. The molecule has 6 heteroatoms. The standard InChI is InChI=1S/C18H19NO4S/c1-13-11-16-17(23-10-9-22-16)12-18(13)24(20,21)19-8-4-6-14-5-2-3-7-15(14)19/h2-3,5,7,11-12H,4,6,8-10H2,1H3. The maximum Gasteiger partial charge on any atom is 0.264 e. The van der Waals surface area contributed by atoms with E-state index < -0.39 is 10.0 Å². The van der Waals surface area contributed by atoms with Gasteiger partial charge in [-0.2, -0.15) is 0 Å². The highest BCUT2D eigenvalue weighted by atomic mass is 32.2. The van der Waals surface area contributed by atoms with Gasteiger partial charge in [0, 0.05) is 12.6 Å². The van der Waals surface area contributed by atoms with Crippen LogP contribution in [0, 0.1) is 6.92 Å². The maximum absolute atomic E-state index is 13.3. The molecular weight excluding hydrogens is 326 g/mol. The predicted octanol–water partition coefficient (Wildman–Crippen LogP) is 2.91. The van der Waals surface area contributed by atoms with E-state index in [0.29, 0.717) is 36.8 Å². The van der Waals surface area contributed by atoms with Crippen molar-refractivity contribution in [3.8, 4) is 11.5 Å². The first kappa shape index (κ1) is 15.3. The molecule has 0 fully saturated rings. The van der Waals surface area contributed by atoms with Gasteiger partial charge >= 0.3 is 0 Å². The van der Waals surface area contributed by atoms with Crippen molar-refractivity contribution < 1.29 is 17.9 Å². The van der Waals surface area contributed by atoms with Gasteiger partial charge in [0.2, 0.25) is 0 Å². The number of nitrogens with zero attached hydrogens (tertiary/aromatic N) is 1. The fourth-order valence-electron chi connectivity index (χ4n) is 3.32. The lowest BCUT2D eigenvalue weighted by molar-refractivity contribution is 0.171. The Morgan fingerprint density at radius 3 is 2.54 bits per heavy atom. The number of anilines is 1. The molecule has 0 saturated carbocycles. The minimum absolute atomic E-state index is 0.281.